The van der Waals surface area contributed by atoms with Crippen LogP contribution in [-0.2, 0) is 23.6 Å². The molecule has 1 atom stereocenters. The van der Waals surface area contributed by atoms with Crippen molar-refractivity contribution < 1.29 is 17.7 Å². The van der Waals surface area contributed by atoms with E-state index in [1.54, 1.807) is 6.92 Å². The minimum absolute atomic E-state index is 0.440. The molecule has 0 bridgehead atoms. The monoisotopic (exact) mass is 454 g/mol. The van der Waals surface area contributed by atoms with Crippen molar-refractivity contribution in [2.75, 3.05) is 5.73 Å². The van der Waals surface area contributed by atoms with Gasteiger partial charge in [-0.05, 0) is 30.5 Å². The predicted molar refractivity (Wildman–Crippen MR) is 125 cm³/mol. The fourth-order valence-corrected chi connectivity index (χ4v) is 3.75. The van der Waals surface area contributed by atoms with E-state index in [1.165, 1.54) is 0 Å². The summed E-state index contributed by atoms with van der Waals surface area (Å²) in [5.74, 6) is 1.40. The molecule has 9 heteroatoms. The normalized spacial score (nSPS) is 11.8. The van der Waals surface area contributed by atoms with E-state index in [-0.39, 0.29) is 0 Å². The fourth-order valence-electron chi connectivity index (χ4n) is 3.75. The molecule has 0 aliphatic heterocycles. The number of imidazole rings is 1. The number of unbranched alkanes of at least 4 members (excludes halogenated alkanes) is 1. The van der Waals surface area contributed by atoms with Crippen molar-refractivity contribution in [2.24, 2.45) is 0 Å². The Morgan fingerprint density at radius 3 is 2.38 bits per heavy atom. The lowest BCUT2D eigenvalue weighted by Gasteiger charge is -2.13. The number of nitrogens with zero attached hydrogens (tertiary/aromatic N) is 3. The predicted octanol–water partition coefficient (Wildman–Crippen LogP) is 3.55. The molecule has 0 amide bonds. The fraction of sp³-hybridized carbons (Fsp3) is 0.304. The zero-order valence-corrected chi connectivity index (χ0v) is 18.8. The number of fused-ring (bicyclic) bond motifs is 3. The number of aryl methyl sites for hydroxylation is 1. The van der Waals surface area contributed by atoms with Gasteiger partial charge in [0.2, 0.25) is 0 Å². The molecule has 168 valence electrons. The quantitative estimate of drug-likeness (QED) is 0.456. The Kier molecular flexibility index (Phi) is 7.55. The summed E-state index contributed by atoms with van der Waals surface area (Å²) in [6.45, 7) is 4.46. The number of nitrogens with two attached hydrogens (primary N) is 1. The molecule has 0 spiro atoms. The summed E-state index contributed by atoms with van der Waals surface area (Å²) in [5.41, 5.74) is 11.1. The van der Waals surface area contributed by atoms with Crippen LogP contribution in [0.15, 0.2) is 48.5 Å². The first kappa shape index (κ1) is 23.4. The standard InChI is InChI=1S/C23H26N4O.O3S/c1-3-4-10-20-26-21-22(27(20)14-15(2)28)18-12-11-17(13-19(18)25-23(21)24)16-8-6-5-7-9-16;1-4(2)3/h5-9,11-13,15,28H,3-4,10,14H2,1-2H3,(H2,24,25);. The number of pyridine rings is 1. The van der Waals surface area contributed by atoms with E-state index < -0.39 is 16.7 Å². The SMILES string of the molecule is CCCCc1nc2c(N)nc3cc(-c4ccccc4)ccc3c2n1CC(C)O.O=S(=O)=O. The molecule has 1 unspecified atom stereocenters. The first-order chi connectivity index (χ1) is 15.3. The first-order valence-electron chi connectivity index (χ1n) is 10.4. The maximum atomic E-state index is 10.1. The molecule has 0 fully saturated rings. The van der Waals surface area contributed by atoms with Crippen LogP contribution < -0.4 is 5.73 Å². The lowest BCUT2D eigenvalue weighted by Crippen LogP contribution is -2.14. The van der Waals surface area contributed by atoms with Crippen LogP contribution in [0.4, 0.5) is 5.82 Å². The Morgan fingerprint density at radius 1 is 1.06 bits per heavy atom. The van der Waals surface area contributed by atoms with E-state index in [4.69, 9.17) is 23.3 Å². The van der Waals surface area contributed by atoms with Gasteiger partial charge < -0.3 is 15.4 Å². The molecule has 2 aromatic carbocycles. The van der Waals surface area contributed by atoms with Crippen molar-refractivity contribution in [3.8, 4) is 11.1 Å². The third kappa shape index (κ3) is 5.30. The Balaban J connectivity index is 0.000000668. The molecule has 2 heterocycles. The molecule has 8 nitrogen and oxygen atoms in total. The summed E-state index contributed by atoms with van der Waals surface area (Å²) in [7, 11) is -3.11. The summed E-state index contributed by atoms with van der Waals surface area (Å²) in [6.07, 6.45) is 2.53. The molecule has 0 radical (unpaired) electrons. The smallest absolute Gasteiger partial charge is 0.392 e. The summed E-state index contributed by atoms with van der Waals surface area (Å²) in [4.78, 5) is 9.44. The van der Waals surface area contributed by atoms with E-state index in [0.29, 0.717) is 12.4 Å². The summed E-state index contributed by atoms with van der Waals surface area (Å²) in [6, 6.07) is 16.5. The van der Waals surface area contributed by atoms with Crippen LogP contribution in [0.2, 0.25) is 0 Å². The summed E-state index contributed by atoms with van der Waals surface area (Å²) >= 11 is 0. The van der Waals surface area contributed by atoms with Crippen LogP contribution in [0, 0.1) is 0 Å². The number of hydrogen-bond acceptors (Lipinski definition) is 7. The first-order valence-corrected chi connectivity index (χ1v) is 11.4. The highest BCUT2D eigenvalue weighted by Crippen LogP contribution is 2.32. The zero-order valence-electron chi connectivity index (χ0n) is 18.0. The van der Waals surface area contributed by atoms with Gasteiger partial charge in [0, 0.05) is 11.8 Å². The average molecular weight is 455 g/mol. The maximum absolute atomic E-state index is 10.1. The number of hydrogen-bond donors (Lipinski definition) is 2. The van der Waals surface area contributed by atoms with E-state index in [1.807, 2.05) is 18.2 Å². The Hall–Kier alpha value is -3.30. The number of rotatable bonds is 6. The molecule has 2 aromatic heterocycles. The molecular weight excluding hydrogens is 428 g/mol. The molecule has 32 heavy (non-hydrogen) atoms. The van der Waals surface area contributed by atoms with Gasteiger partial charge in [-0.25, -0.2) is 9.97 Å². The number of anilines is 1. The van der Waals surface area contributed by atoms with Crippen LogP contribution in [0.1, 0.15) is 32.5 Å². The Bertz CT molecular complexity index is 1330. The van der Waals surface area contributed by atoms with Gasteiger partial charge in [-0.3, -0.25) is 0 Å². The molecule has 0 aliphatic carbocycles. The molecule has 0 saturated carbocycles. The molecule has 0 saturated heterocycles. The van der Waals surface area contributed by atoms with Crippen LogP contribution in [-0.4, -0.2) is 38.4 Å². The number of aromatic nitrogens is 3. The third-order valence-corrected chi connectivity index (χ3v) is 5.09. The zero-order chi connectivity index (χ0) is 23.3. The van der Waals surface area contributed by atoms with E-state index in [2.05, 4.69) is 46.8 Å². The molecule has 4 rings (SSSR count). The van der Waals surface area contributed by atoms with Gasteiger partial charge in [0.25, 0.3) is 0 Å². The van der Waals surface area contributed by atoms with Gasteiger partial charge in [-0.1, -0.05) is 55.8 Å². The summed E-state index contributed by atoms with van der Waals surface area (Å²) in [5, 5.41) is 11.1. The minimum atomic E-state index is -3.11. The highest BCUT2D eigenvalue weighted by Gasteiger charge is 2.18. The average Bonchev–Trinajstić information content (AvgIpc) is 3.10. The number of nitrogen functional groups attached to an aromatic ring is 1. The van der Waals surface area contributed by atoms with Gasteiger partial charge in [0.05, 0.1) is 23.7 Å². The van der Waals surface area contributed by atoms with Crippen molar-refractivity contribution in [1.29, 1.82) is 0 Å². The van der Waals surface area contributed by atoms with Gasteiger partial charge in [-0.2, -0.15) is 0 Å². The lowest BCUT2D eigenvalue weighted by atomic mass is 10.0. The van der Waals surface area contributed by atoms with Crippen molar-refractivity contribution >= 4 is 38.4 Å². The molecule has 3 N–H and O–H groups in total. The van der Waals surface area contributed by atoms with E-state index in [9.17, 15) is 5.11 Å². The van der Waals surface area contributed by atoms with Crippen molar-refractivity contribution in [1.82, 2.24) is 14.5 Å². The van der Waals surface area contributed by atoms with E-state index in [0.717, 1.165) is 58.2 Å². The van der Waals surface area contributed by atoms with Crippen molar-refractivity contribution in [3.63, 3.8) is 0 Å². The Labute approximate surface area is 187 Å². The lowest BCUT2D eigenvalue weighted by molar-refractivity contribution is 0.174. The largest absolute Gasteiger partial charge is 0.425 e. The van der Waals surface area contributed by atoms with Gasteiger partial charge in [0.1, 0.15) is 11.3 Å². The minimum Gasteiger partial charge on any atom is -0.392 e. The molecule has 0 aliphatic rings. The Morgan fingerprint density at radius 2 is 1.75 bits per heavy atom. The second-order valence-electron chi connectivity index (χ2n) is 7.59. The highest BCUT2D eigenvalue weighted by atomic mass is 32.2. The third-order valence-electron chi connectivity index (χ3n) is 5.09. The second-order valence-corrected chi connectivity index (χ2v) is 8.00. The topological polar surface area (TPSA) is 128 Å². The van der Waals surface area contributed by atoms with Crippen LogP contribution in [0.25, 0.3) is 33.1 Å². The van der Waals surface area contributed by atoms with Crippen molar-refractivity contribution in [3.05, 3.63) is 54.4 Å². The van der Waals surface area contributed by atoms with Crippen LogP contribution >= 0.6 is 0 Å². The summed E-state index contributed by atoms with van der Waals surface area (Å²) < 4.78 is 27.5. The van der Waals surface area contributed by atoms with Crippen LogP contribution in [0.3, 0.4) is 0 Å². The van der Waals surface area contributed by atoms with Gasteiger partial charge in [0.15, 0.2) is 5.82 Å². The van der Waals surface area contributed by atoms with Crippen molar-refractivity contribution in [2.45, 2.75) is 45.8 Å². The van der Waals surface area contributed by atoms with E-state index >= 15 is 0 Å². The maximum Gasteiger partial charge on any atom is 0.425 e. The highest BCUT2D eigenvalue weighted by molar-refractivity contribution is 7.59. The van der Waals surface area contributed by atoms with Gasteiger partial charge in [-0.15, -0.1) is 12.6 Å². The molecular formula is C23H26N4O4S. The number of aliphatic hydroxyl groups is 1. The number of benzene rings is 2. The second kappa shape index (κ2) is 10.3. The molecule has 4 aromatic rings. The number of aliphatic hydroxyl groups excluding tert-OH is 1. The van der Waals surface area contributed by atoms with Crippen LogP contribution in [0.5, 0.6) is 0 Å². The van der Waals surface area contributed by atoms with Gasteiger partial charge >= 0.3 is 10.6 Å².